The molecule has 1 aromatic rings. The van der Waals surface area contributed by atoms with Gasteiger partial charge in [0.25, 0.3) is 5.56 Å². The van der Waals surface area contributed by atoms with Crippen LogP contribution in [0.2, 0.25) is 0 Å². The number of rotatable bonds is 1. The minimum Gasteiger partial charge on any atom is -0.338 e. The number of hydrogen-bond acceptors (Lipinski definition) is 2. The summed E-state index contributed by atoms with van der Waals surface area (Å²) in [5, 5.41) is 0. The van der Waals surface area contributed by atoms with E-state index in [9.17, 15) is 9.59 Å². The predicted octanol–water partition coefficient (Wildman–Crippen LogP) is 0.980. The molecule has 4 heteroatoms. The molecule has 1 fully saturated rings. The maximum atomic E-state index is 11.8. The van der Waals surface area contributed by atoms with Crippen molar-refractivity contribution in [2.75, 3.05) is 13.1 Å². The summed E-state index contributed by atoms with van der Waals surface area (Å²) in [7, 11) is 0. The number of carbonyl (C=O) groups is 1. The van der Waals surface area contributed by atoms with Crippen LogP contribution in [0, 0.1) is 5.92 Å². The van der Waals surface area contributed by atoms with E-state index in [0.717, 1.165) is 25.2 Å². The van der Waals surface area contributed by atoms with Crippen LogP contribution >= 0.6 is 0 Å². The number of piperidine rings is 1. The van der Waals surface area contributed by atoms with Crippen LogP contribution in [0.1, 0.15) is 18.0 Å². The van der Waals surface area contributed by atoms with Crippen molar-refractivity contribution >= 4 is 5.91 Å². The highest BCUT2D eigenvalue weighted by Gasteiger charge is 2.35. The summed E-state index contributed by atoms with van der Waals surface area (Å²) in [4.78, 5) is 25.4. The normalized spacial score (nSPS) is 25.4. The lowest BCUT2D eigenvalue weighted by atomic mass is 9.83. The van der Waals surface area contributed by atoms with Crippen molar-refractivity contribution < 1.29 is 4.79 Å². The average molecular weight is 244 g/mol. The second kappa shape index (κ2) is 4.12. The average Bonchev–Trinajstić information content (AvgIpc) is 2.39. The molecule has 0 unspecified atom stereocenters. The van der Waals surface area contributed by atoms with Crippen molar-refractivity contribution in [3.63, 3.8) is 0 Å². The summed E-state index contributed by atoms with van der Waals surface area (Å²) in [6.07, 6.45) is 2.45. The summed E-state index contributed by atoms with van der Waals surface area (Å²) < 4.78 is 1.87. The third-order valence-corrected chi connectivity index (χ3v) is 3.97. The Morgan fingerprint density at radius 1 is 1.33 bits per heavy atom. The summed E-state index contributed by atoms with van der Waals surface area (Å²) >= 11 is 0. The van der Waals surface area contributed by atoms with Crippen molar-refractivity contribution in [2.24, 2.45) is 5.92 Å². The highest BCUT2D eigenvalue weighted by Crippen LogP contribution is 2.34. The van der Waals surface area contributed by atoms with Crippen molar-refractivity contribution in [2.45, 2.75) is 18.9 Å². The molecule has 2 atom stereocenters. The molecule has 4 nitrogen and oxygen atoms in total. The van der Waals surface area contributed by atoms with Crippen molar-refractivity contribution in [1.29, 1.82) is 0 Å². The molecule has 1 aromatic heterocycles. The van der Waals surface area contributed by atoms with Crippen LogP contribution in [-0.2, 0) is 11.3 Å². The predicted molar refractivity (Wildman–Crippen MR) is 68.3 cm³/mol. The zero-order valence-corrected chi connectivity index (χ0v) is 10.2. The fourth-order valence-electron chi connectivity index (χ4n) is 3.21. The van der Waals surface area contributed by atoms with Gasteiger partial charge in [0.05, 0.1) is 0 Å². The van der Waals surface area contributed by atoms with Crippen molar-refractivity contribution in [1.82, 2.24) is 9.47 Å². The van der Waals surface area contributed by atoms with Gasteiger partial charge in [-0.3, -0.25) is 9.59 Å². The van der Waals surface area contributed by atoms with Gasteiger partial charge >= 0.3 is 0 Å². The van der Waals surface area contributed by atoms with Crippen LogP contribution in [0.3, 0.4) is 0 Å². The molecule has 0 N–H and O–H groups in total. The number of fused-ring (bicyclic) bond motifs is 4. The van der Waals surface area contributed by atoms with Crippen LogP contribution in [-0.4, -0.2) is 28.5 Å². The molecule has 1 saturated heterocycles. The number of nitrogens with zero attached hydrogens (tertiary/aromatic N) is 2. The van der Waals surface area contributed by atoms with Gasteiger partial charge < -0.3 is 9.47 Å². The van der Waals surface area contributed by atoms with E-state index in [-0.39, 0.29) is 17.4 Å². The topological polar surface area (TPSA) is 42.3 Å². The highest BCUT2D eigenvalue weighted by atomic mass is 16.2. The third-order valence-electron chi connectivity index (χ3n) is 3.97. The molecule has 18 heavy (non-hydrogen) atoms. The molecule has 3 rings (SSSR count). The van der Waals surface area contributed by atoms with Gasteiger partial charge in [-0.15, -0.1) is 0 Å². The van der Waals surface area contributed by atoms with Crippen LogP contribution in [0.5, 0.6) is 0 Å². The van der Waals surface area contributed by atoms with Gasteiger partial charge in [-0.2, -0.15) is 0 Å². The number of hydrogen-bond donors (Lipinski definition) is 0. The Bertz CT molecular complexity index is 561. The van der Waals surface area contributed by atoms with Gasteiger partial charge in [-0.25, -0.2) is 0 Å². The molecular formula is C14H16N2O2. The fraction of sp³-hybridized carbons (Fsp3) is 0.429. The SMILES string of the molecule is C=CC(=O)N1C[C@H]2C[C@@H](C1)c1cccc(=O)n1C2. The molecule has 0 aromatic carbocycles. The number of amides is 1. The first kappa shape index (κ1) is 11.3. The Morgan fingerprint density at radius 2 is 2.17 bits per heavy atom. The molecule has 2 bridgehead atoms. The van der Waals surface area contributed by atoms with Gasteiger partial charge in [0.2, 0.25) is 5.91 Å². The number of carbonyl (C=O) groups excluding carboxylic acids is 1. The second-order valence-electron chi connectivity index (χ2n) is 5.15. The van der Waals surface area contributed by atoms with E-state index in [1.165, 1.54) is 6.08 Å². The zero-order valence-electron chi connectivity index (χ0n) is 10.2. The summed E-state index contributed by atoms with van der Waals surface area (Å²) in [6.45, 7) is 5.71. The largest absolute Gasteiger partial charge is 0.338 e. The number of likely N-dealkylation sites (tertiary alicyclic amines) is 1. The lowest BCUT2D eigenvalue weighted by molar-refractivity contribution is -0.128. The van der Waals surface area contributed by atoms with Gasteiger partial charge in [0, 0.05) is 37.3 Å². The molecular weight excluding hydrogens is 228 g/mol. The minimum atomic E-state index is -0.00331. The molecule has 0 radical (unpaired) electrons. The van der Waals surface area contributed by atoms with E-state index < -0.39 is 0 Å². The smallest absolute Gasteiger partial charge is 0.250 e. The zero-order chi connectivity index (χ0) is 12.7. The lowest BCUT2D eigenvalue weighted by Crippen LogP contribution is -2.48. The van der Waals surface area contributed by atoms with Gasteiger partial charge in [-0.05, 0) is 24.5 Å². The number of pyridine rings is 1. The van der Waals surface area contributed by atoms with E-state index in [1.807, 2.05) is 21.6 Å². The molecule has 1 amide bonds. The first-order chi connectivity index (χ1) is 8.69. The second-order valence-corrected chi connectivity index (χ2v) is 5.15. The van der Waals surface area contributed by atoms with Crippen LogP contribution in [0.25, 0.3) is 0 Å². The Hall–Kier alpha value is -1.84. The van der Waals surface area contributed by atoms with Crippen molar-refractivity contribution in [3.05, 3.63) is 46.9 Å². The third kappa shape index (κ3) is 1.68. The Labute approximate surface area is 106 Å². The number of aromatic nitrogens is 1. The highest BCUT2D eigenvalue weighted by molar-refractivity contribution is 5.87. The summed E-state index contributed by atoms with van der Waals surface area (Å²) in [5.74, 6) is 0.673. The Kier molecular flexibility index (Phi) is 2.58. The van der Waals surface area contributed by atoms with E-state index in [0.29, 0.717) is 12.5 Å². The Balaban J connectivity index is 1.97. The maximum absolute atomic E-state index is 11.8. The molecule has 94 valence electrons. The molecule has 0 saturated carbocycles. The van der Waals surface area contributed by atoms with E-state index in [4.69, 9.17) is 0 Å². The molecule has 0 spiro atoms. The van der Waals surface area contributed by atoms with Gasteiger partial charge in [0.15, 0.2) is 0 Å². The summed E-state index contributed by atoms with van der Waals surface area (Å²) in [6, 6.07) is 5.42. The monoisotopic (exact) mass is 244 g/mol. The first-order valence-electron chi connectivity index (χ1n) is 6.30. The Morgan fingerprint density at radius 3 is 2.94 bits per heavy atom. The lowest BCUT2D eigenvalue weighted by Gasteiger charge is -2.42. The first-order valence-corrected chi connectivity index (χ1v) is 6.30. The minimum absolute atomic E-state index is 0.00331. The van der Waals surface area contributed by atoms with E-state index in [1.54, 1.807) is 6.07 Å². The van der Waals surface area contributed by atoms with Gasteiger partial charge in [-0.1, -0.05) is 12.6 Å². The molecule has 0 aliphatic carbocycles. The van der Waals surface area contributed by atoms with E-state index >= 15 is 0 Å². The van der Waals surface area contributed by atoms with Crippen LogP contribution < -0.4 is 5.56 Å². The van der Waals surface area contributed by atoms with Crippen LogP contribution in [0.4, 0.5) is 0 Å². The van der Waals surface area contributed by atoms with Crippen molar-refractivity contribution in [3.8, 4) is 0 Å². The molecule has 2 aliphatic heterocycles. The molecule has 3 heterocycles. The quantitative estimate of drug-likeness (QED) is 0.691. The standard InChI is InChI=1S/C14H16N2O2/c1-2-13(17)15-7-10-6-11(9-15)12-4-3-5-14(18)16(12)8-10/h2-5,10-11H,1,6-9H2/t10-,11+/m1/s1. The van der Waals surface area contributed by atoms with Gasteiger partial charge in [0.1, 0.15) is 0 Å². The van der Waals surface area contributed by atoms with E-state index in [2.05, 4.69) is 6.58 Å². The fourth-order valence-corrected chi connectivity index (χ4v) is 3.21. The summed E-state index contributed by atoms with van der Waals surface area (Å²) in [5.41, 5.74) is 1.14. The maximum Gasteiger partial charge on any atom is 0.250 e. The molecule has 2 aliphatic rings. The van der Waals surface area contributed by atoms with Crippen LogP contribution in [0.15, 0.2) is 35.6 Å².